The van der Waals surface area contributed by atoms with Gasteiger partial charge in [-0.1, -0.05) is 6.92 Å². The average Bonchev–Trinajstić information content (AvgIpc) is 2.03. The van der Waals surface area contributed by atoms with Crippen molar-refractivity contribution in [1.29, 1.82) is 0 Å². The summed E-state index contributed by atoms with van der Waals surface area (Å²) in [5, 5.41) is 11.6. The van der Waals surface area contributed by atoms with Crippen molar-refractivity contribution in [2.45, 2.75) is 19.8 Å². The summed E-state index contributed by atoms with van der Waals surface area (Å²) in [5.74, 6) is 0. The van der Waals surface area contributed by atoms with Crippen molar-refractivity contribution in [2.24, 2.45) is 0 Å². The van der Waals surface area contributed by atoms with E-state index < -0.39 is 0 Å². The molecule has 3 nitrogen and oxygen atoms in total. The Hall–Kier alpha value is -0.120. The van der Waals surface area contributed by atoms with Crippen molar-refractivity contribution in [2.75, 3.05) is 32.9 Å². The zero-order valence-corrected chi connectivity index (χ0v) is 7.31. The number of hydrogen-bond acceptors (Lipinski definition) is 3. The van der Waals surface area contributed by atoms with Crippen LogP contribution < -0.4 is 5.32 Å². The van der Waals surface area contributed by atoms with Gasteiger partial charge in [-0.25, -0.2) is 0 Å². The van der Waals surface area contributed by atoms with Crippen LogP contribution in [-0.2, 0) is 4.74 Å². The van der Waals surface area contributed by atoms with Crippen LogP contribution in [0.2, 0.25) is 0 Å². The first-order valence-electron chi connectivity index (χ1n) is 4.31. The quantitative estimate of drug-likeness (QED) is 0.506. The van der Waals surface area contributed by atoms with Gasteiger partial charge in [0.15, 0.2) is 0 Å². The third-order valence-corrected chi connectivity index (χ3v) is 1.37. The molecule has 3 heteroatoms. The van der Waals surface area contributed by atoms with Gasteiger partial charge in [-0.3, -0.25) is 0 Å². The lowest BCUT2D eigenvalue weighted by atomic mass is 10.3. The molecule has 0 aromatic rings. The minimum Gasteiger partial charge on any atom is -0.396 e. The number of nitrogens with one attached hydrogen (secondary N) is 1. The first kappa shape index (κ1) is 10.9. The second kappa shape index (κ2) is 9.88. The number of ether oxygens (including phenoxy) is 1. The van der Waals surface area contributed by atoms with Gasteiger partial charge in [0.2, 0.25) is 0 Å². The summed E-state index contributed by atoms with van der Waals surface area (Å²) >= 11 is 0. The van der Waals surface area contributed by atoms with Crippen LogP contribution in [0.15, 0.2) is 0 Å². The first-order chi connectivity index (χ1) is 5.41. The average molecular weight is 161 g/mol. The van der Waals surface area contributed by atoms with Crippen LogP contribution in [0.1, 0.15) is 19.8 Å². The van der Waals surface area contributed by atoms with Gasteiger partial charge in [0.05, 0.1) is 6.61 Å². The Morgan fingerprint density at radius 3 is 2.73 bits per heavy atom. The predicted octanol–water partition coefficient (Wildman–Crippen LogP) is 0.385. The maximum absolute atomic E-state index is 8.44. The van der Waals surface area contributed by atoms with E-state index in [2.05, 4.69) is 12.2 Å². The predicted molar refractivity (Wildman–Crippen MR) is 45.7 cm³/mol. The van der Waals surface area contributed by atoms with Crippen LogP contribution in [0, 0.1) is 0 Å². The lowest BCUT2D eigenvalue weighted by Gasteiger charge is -2.03. The van der Waals surface area contributed by atoms with Gasteiger partial charge >= 0.3 is 0 Å². The fourth-order valence-electron chi connectivity index (χ4n) is 0.739. The molecule has 0 bridgehead atoms. The molecule has 2 N–H and O–H groups in total. The summed E-state index contributed by atoms with van der Waals surface area (Å²) in [6.45, 7) is 5.82. The van der Waals surface area contributed by atoms with Gasteiger partial charge in [-0.15, -0.1) is 0 Å². The summed E-state index contributed by atoms with van der Waals surface area (Å²) in [7, 11) is 0. The van der Waals surface area contributed by atoms with Crippen molar-refractivity contribution in [3.8, 4) is 0 Å². The van der Waals surface area contributed by atoms with Crippen molar-refractivity contribution < 1.29 is 9.84 Å². The molecule has 0 saturated carbocycles. The standard InChI is InChI=1S/C8H19NO2/c1-2-9-5-8-11-7-4-3-6-10/h9-10H,2-8H2,1H3. The number of aliphatic hydroxyl groups excluding tert-OH is 1. The molecular weight excluding hydrogens is 142 g/mol. The Kier molecular flexibility index (Phi) is 9.77. The van der Waals surface area contributed by atoms with Crippen LogP contribution >= 0.6 is 0 Å². The van der Waals surface area contributed by atoms with E-state index in [1.807, 2.05) is 0 Å². The molecule has 0 spiro atoms. The molecule has 0 aromatic carbocycles. The Balaban J connectivity index is 2.69. The Labute approximate surface area is 68.8 Å². The van der Waals surface area contributed by atoms with Gasteiger partial charge in [0.1, 0.15) is 0 Å². The molecular formula is C8H19NO2. The summed E-state index contributed by atoms with van der Waals surface area (Å²) in [6, 6.07) is 0. The topological polar surface area (TPSA) is 41.5 Å². The van der Waals surface area contributed by atoms with E-state index in [1.54, 1.807) is 0 Å². The summed E-state index contributed by atoms with van der Waals surface area (Å²) in [6.07, 6.45) is 1.81. The second-order valence-electron chi connectivity index (χ2n) is 2.40. The maximum atomic E-state index is 8.44. The molecule has 0 amide bonds. The number of rotatable bonds is 8. The molecule has 11 heavy (non-hydrogen) atoms. The molecule has 0 heterocycles. The zero-order chi connectivity index (χ0) is 8.36. The van der Waals surface area contributed by atoms with E-state index in [-0.39, 0.29) is 6.61 Å². The summed E-state index contributed by atoms with van der Waals surface area (Å²) in [4.78, 5) is 0. The van der Waals surface area contributed by atoms with Crippen molar-refractivity contribution in [3.63, 3.8) is 0 Å². The monoisotopic (exact) mass is 161 g/mol. The summed E-state index contributed by atoms with van der Waals surface area (Å²) < 4.78 is 5.26. The molecule has 0 fully saturated rings. The maximum Gasteiger partial charge on any atom is 0.0590 e. The Morgan fingerprint density at radius 1 is 1.27 bits per heavy atom. The molecule has 0 unspecified atom stereocenters. The van der Waals surface area contributed by atoms with Gasteiger partial charge in [0.25, 0.3) is 0 Å². The number of hydrogen-bond donors (Lipinski definition) is 2. The van der Waals surface area contributed by atoms with E-state index >= 15 is 0 Å². The third kappa shape index (κ3) is 9.88. The second-order valence-corrected chi connectivity index (χ2v) is 2.40. The first-order valence-corrected chi connectivity index (χ1v) is 4.31. The number of likely N-dealkylation sites (N-methyl/N-ethyl adjacent to an activating group) is 1. The molecule has 0 atom stereocenters. The highest BCUT2D eigenvalue weighted by molar-refractivity contribution is 4.41. The fraction of sp³-hybridized carbons (Fsp3) is 1.00. The molecule has 0 saturated heterocycles. The van der Waals surface area contributed by atoms with Crippen LogP contribution in [0.3, 0.4) is 0 Å². The zero-order valence-electron chi connectivity index (χ0n) is 7.31. The lowest BCUT2D eigenvalue weighted by Crippen LogP contribution is -2.19. The van der Waals surface area contributed by atoms with Gasteiger partial charge in [-0.05, 0) is 19.4 Å². The molecule has 0 aromatic heterocycles. The normalized spacial score (nSPS) is 10.4. The molecule has 0 aliphatic rings. The number of unbranched alkanes of at least 4 members (excludes halogenated alkanes) is 1. The van der Waals surface area contributed by atoms with Gasteiger partial charge in [-0.2, -0.15) is 0 Å². The largest absolute Gasteiger partial charge is 0.396 e. The Morgan fingerprint density at radius 2 is 2.09 bits per heavy atom. The van der Waals surface area contributed by atoms with Crippen LogP contribution in [0.5, 0.6) is 0 Å². The van der Waals surface area contributed by atoms with E-state index in [4.69, 9.17) is 9.84 Å². The highest BCUT2D eigenvalue weighted by atomic mass is 16.5. The highest BCUT2D eigenvalue weighted by Gasteiger charge is 1.87. The smallest absolute Gasteiger partial charge is 0.0590 e. The van der Waals surface area contributed by atoms with Gasteiger partial charge in [0, 0.05) is 19.8 Å². The molecule has 0 rings (SSSR count). The molecule has 0 radical (unpaired) electrons. The summed E-state index contributed by atoms with van der Waals surface area (Å²) in [5.41, 5.74) is 0. The van der Waals surface area contributed by atoms with Gasteiger partial charge < -0.3 is 15.2 Å². The van der Waals surface area contributed by atoms with Crippen LogP contribution in [0.25, 0.3) is 0 Å². The van der Waals surface area contributed by atoms with E-state index in [9.17, 15) is 0 Å². The van der Waals surface area contributed by atoms with Crippen molar-refractivity contribution in [1.82, 2.24) is 5.32 Å². The minimum absolute atomic E-state index is 0.274. The molecule has 68 valence electrons. The van der Waals surface area contributed by atoms with E-state index in [0.717, 1.165) is 39.1 Å². The third-order valence-electron chi connectivity index (χ3n) is 1.37. The van der Waals surface area contributed by atoms with Crippen molar-refractivity contribution >= 4 is 0 Å². The number of aliphatic hydroxyl groups is 1. The van der Waals surface area contributed by atoms with Crippen molar-refractivity contribution in [3.05, 3.63) is 0 Å². The highest BCUT2D eigenvalue weighted by Crippen LogP contribution is 1.87. The van der Waals surface area contributed by atoms with E-state index in [1.165, 1.54) is 0 Å². The SMILES string of the molecule is CCNCCOCCCCO. The molecule has 0 aliphatic carbocycles. The minimum atomic E-state index is 0.274. The van der Waals surface area contributed by atoms with E-state index in [0.29, 0.717) is 0 Å². The fourth-order valence-corrected chi connectivity index (χ4v) is 0.739. The van der Waals surface area contributed by atoms with Crippen LogP contribution in [-0.4, -0.2) is 38.0 Å². The Bertz CT molecular complexity index is 61.1. The van der Waals surface area contributed by atoms with Crippen LogP contribution in [0.4, 0.5) is 0 Å². The molecule has 0 aliphatic heterocycles. The lowest BCUT2D eigenvalue weighted by molar-refractivity contribution is 0.127.